The zero-order valence-electron chi connectivity index (χ0n) is 15.9. The van der Waals surface area contributed by atoms with Crippen molar-refractivity contribution >= 4 is 5.76 Å². The lowest BCUT2D eigenvalue weighted by Gasteiger charge is -2.20. The molecule has 0 spiro atoms. The molecule has 1 aromatic carbocycles. The quantitative estimate of drug-likeness (QED) is 0.659. The summed E-state index contributed by atoms with van der Waals surface area (Å²) in [6, 6.07) is 8.98. The van der Waals surface area contributed by atoms with Crippen molar-refractivity contribution in [2.24, 2.45) is 5.41 Å². The van der Waals surface area contributed by atoms with Crippen LogP contribution in [-0.2, 0) is 4.74 Å². The van der Waals surface area contributed by atoms with E-state index in [4.69, 9.17) is 9.47 Å². The second kappa shape index (κ2) is 7.65. The van der Waals surface area contributed by atoms with Gasteiger partial charge in [0, 0.05) is 29.1 Å². The van der Waals surface area contributed by atoms with Crippen molar-refractivity contribution in [1.29, 1.82) is 0 Å². The molecule has 0 bridgehead atoms. The smallest absolute Gasteiger partial charge is 0.130 e. The van der Waals surface area contributed by atoms with Gasteiger partial charge in [0.25, 0.3) is 0 Å². The molecule has 0 N–H and O–H groups in total. The lowest BCUT2D eigenvalue weighted by atomic mass is 9.85. The van der Waals surface area contributed by atoms with Gasteiger partial charge in [0.2, 0.25) is 0 Å². The van der Waals surface area contributed by atoms with E-state index >= 15 is 0 Å². The molecule has 0 unspecified atom stereocenters. The topological polar surface area (TPSA) is 21.7 Å². The predicted octanol–water partition coefficient (Wildman–Crippen LogP) is 4.89. The number of hydrogen-bond donors (Lipinski definition) is 0. The lowest BCUT2D eigenvalue weighted by molar-refractivity contribution is 0.224. The summed E-state index contributed by atoms with van der Waals surface area (Å²) in [5.74, 6) is 1.88. The van der Waals surface area contributed by atoms with Crippen LogP contribution in [0.25, 0.3) is 5.76 Å². The van der Waals surface area contributed by atoms with Crippen LogP contribution in [0.15, 0.2) is 42.5 Å². The maximum Gasteiger partial charge on any atom is 0.130 e. The van der Waals surface area contributed by atoms with Gasteiger partial charge in [-0.1, -0.05) is 26.5 Å². The summed E-state index contributed by atoms with van der Waals surface area (Å²) in [5, 5.41) is 0. The van der Waals surface area contributed by atoms with Gasteiger partial charge >= 0.3 is 0 Å². The number of ether oxygens (including phenoxy) is 2. The van der Waals surface area contributed by atoms with Crippen molar-refractivity contribution < 1.29 is 9.47 Å². The molecular formula is C22H31NO2. The third kappa shape index (κ3) is 4.09. The Kier molecular flexibility index (Phi) is 5.53. The fourth-order valence-corrected chi connectivity index (χ4v) is 3.81. The zero-order valence-corrected chi connectivity index (χ0v) is 15.9. The van der Waals surface area contributed by atoms with Gasteiger partial charge in [-0.3, -0.25) is 0 Å². The molecule has 2 aliphatic heterocycles. The van der Waals surface area contributed by atoms with Crippen LogP contribution in [0.2, 0.25) is 0 Å². The third-order valence-corrected chi connectivity index (χ3v) is 5.42. The van der Waals surface area contributed by atoms with E-state index in [-0.39, 0.29) is 5.41 Å². The second-order valence-corrected chi connectivity index (χ2v) is 7.87. The van der Waals surface area contributed by atoms with Crippen LogP contribution in [-0.4, -0.2) is 37.2 Å². The van der Waals surface area contributed by atoms with E-state index in [0.717, 1.165) is 42.7 Å². The van der Waals surface area contributed by atoms with E-state index in [1.54, 1.807) is 0 Å². The molecule has 0 radical (unpaired) electrons. The standard InChI is InChI=1S/C22H31NO2/c1-5-20-21(25-16-22(20,3)4)18-9-11-19(12-10-18)24-15-7-14-23-13-6-8-17(23)2/h5,9-12,17H,1,6-8,13-16H2,2-4H3/t17-/m1/s1. The number of rotatable bonds is 7. The van der Waals surface area contributed by atoms with Gasteiger partial charge in [0.1, 0.15) is 11.5 Å². The largest absolute Gasteiger partial charge is 0.494 e. The van der Waals surface area contributed by atoms with Crippen LogP contribution in [0.3, 0.4) is 0 Å². The molecule has 1 fully saturated rings. The monoisotopic (exact) mass is 341 g/mol. The molecule has 1 saturated heterocycles. The maximum atomic E-state index is 5.93. The predicted molar refractivity (Wildman–Crippen MR) is 104 cm³/mol. The molecule has 0 aromatic heterocycles. The van der Waals surface area contributed by atoms with Crippen molar-refractivity contribution in [2.75, 3.05) is 26.3 Å². The molecule has 1 atom stereocenters. The molecule has 1 aromatic rings. The van der Waals surface area contributed by atoms with Crippen LogP contribution < -0.4 is 4.74 Å². The Morgan fingerprint density at radius 3 is 2.72 bits per heavy atom. The fraction of sp³-hybridized carbons (Fsp3) is 0.545. The summed E-state index contributed by atoms with van der Waals surface area (Å²) >= 11 is 0. The number of hydrogen-bond acceptors (Lipinski definition) is 3. The molecular weight excluding hydrogens is 310 g/mol. The van der Waals surface area contributed by atoms with Crippen LogP contribution in [0.5, 0.6) is 5.75 Å². The van der Waals surface area contributed by atoms with Crippen molar-refractivity contribution in [2.45, 2.75) is 46.1 Å². The number of allylic oxidation sites excluding steroid dienone is 1. The van der Waals surface area contributed by atoms with Crippen molar-refractivity contribution in [3.63, 3.8) is 0 Å². The lowest BCUT2D eigenvalue weighted by Crippen LogP contribution is -2.28. The summed E-state index contributed by atoms with van der Waals surface area (Å²) in [7, 11) is 0. The van der Waals surface area contributed by atoms with Gasteiger partial charge in [-0.25, -0.2) is 0 Å². The summed E-state index contributed by atoms with van der Waals surface area (Å²) in [6.45, 7) is 14.5. The highest BCUT2D eigenvalue weighted by Gasteiger charge is 2.33. The van der Waals surface area contributed by atoms with E-state index in [2.05, 4.69) is 44.4 Å². The van der Waals surface area contributed by atoms with E-state index in [0.29, 0.717) is 6.61 Å². The summed E-state index contributed by atoms with van der Waals surface area (Å²) < 4.78 is 11.8. The fourth-order valence-electron chi connectivity index (χ4n) is 3.81. The molecule has 136 valence electrons. The van der Waals surface area contributed by atoms with Gasteiger partial charge in [-0.05, 0) is 57.0 Å². The van der Waals surface area contributed by atoms with Gasteiger partial charge in [0.05, 0.1) is 13.2 Å². The summed E-state index contributed by atoms with van der Waals surface area (Å²) in [6.07, 6.45) is 5.68. The van der Waals surface area contributed by atoms with Gasteiger partial charge in [-0.15, -0.1) is 0 Å². The van der Waals surface area contributed by atoms with Crippen molar-refractivity contribution in [3.05, 3.63) is 48.1 Å². The molecule has 3 rings (SSSR count). The number of benzene rings is 1. The Labute approximate surface area is 152 Å². The second-order valence-electron chi connectivity index (χ2n) is 7.87. The highest BCUT2D eigenvalue weighted by Crippen LogP contribution is 2.41. The maximum absolute atomic E-state index is 5.93. The average molecular weight is 341 g/mol. The molecule has 0 aliphatic carbocycles. The minimum absolute atomic E-state index is 0.0267. The minimum atomic E-state index is 0.0267. The van der Waals surface area contributed by atoms with Crippen LogP contribution in [0, 0.1) is 5.41 Å². The molecule has 3 heteroatoms. The normalized spacial score (nSPS) is 22.9. The van der Waals surface area contributed by atoms with Gasteiger partial charge in [0.15, 0.2) is 0 Å². The Hall–Kier alpha value is -1.74. The van der Waals surface area contributed by atoms with E-state index < -0.39 is 0 Å². The first kappa shape index (κ1) is 18.1. The van der Waals surface area contributed by atoms with Crippen LogP contribution in [0.1, 0.15) is 45.6 Å². The molecule has 2 heterocycles. The van der Waals surface area contributed by atoms with Crippen LogP contribution in [0.4, 0.5) is 0 Å². The van der Waals surface area contributed by atoms with E-state index in [1.807, 2.05) is 18.2 Å². The van der Waals surface area contributed by atoms with Gasteiger partial charge < -0.3 is 14.4 Å². The average Bonchev–Trinajstić information content (AvgIpc) is 3.14. The SMILES string of the molecule is C=CC1=C(c2ccc(OCCCN3CCC[C@H]3C)cc2)OCC1(C)C. The summed E-state index contributed by atoms with van der Waals surface area (Å²) in [5.41, 5.74) is 2.30. The number of likely N-dealkylation sites (tertiary alicyclic amines) is 1. The highest BCUT2D eigenvalue weighted by atomic mass is 16.5. The molecule has 25 heavy (non-hydrogen) atoms. The first-order chi connectivity index (χ1) is 12.0. The van der Waals surface area contributed by atoms with Crippen molar-refractivity contribution in [3.8, 4) is 5.75 Å². The molecule has 2 aliphatic rings. The molecule has 0 amide bonds. The Morgan fingerprint density at radius 2 is 2.08 bits per heavy atom. The van der Waals surface area contributed by atoms with E-state index in [1.165, 1.54) is 25.0 Å². The Balaban J connectivity index is 1.53. The first-order valence-electron chi connectivity index (χ1n) is 9.48. The third-order valence-electron chi connectivity index (χ3n) is 5.42. The Bertz CT molecular complexity index is 630. The highest BCUT2D eigenvalue weighted by molar-refractivity contribution is 5.69. The Morgan fingerprint density at radius 1 is 1.32 bits per heavy atom. The molecule has 3 nitrogen and oxygen atoms in total. The number of nitrogens with zero attached hydrogens (tertiary/aromatic N) is 1. The molecule has 0 saturated carbocycles. The van der Waals surface area contributed by atoms with Crippen molar-refractivity contribution in [1.82, 2.24) is 4.90 Å². The minimum Gasteiger partial charge on any atom is -0.494 e. The first-order valence-corrected chi connectivity index (χ1v) is 9.48. The van der Waals surface area contributed by atoms with E-state index in [9.17, 15) is 0 Å². The zero-order chi connectivity index (χ0) is 17.9. The van der Waals surface area contributed by atoms with Crippen LogP contribution >= 0.6 is 0 Å². The summed E-state index contributed by atoms with van der Waals surface area (Å²) in [4.78, 5) is 2.56. The van der Waals surface area contributed by atoms with Gasteiger partial charge in [-0.2, -0.15) is 0 Å².